The molecule has 0 radical (unpaired) electrons. The van der Waals surface area contributed by atoms with Crippen molar-refractivity contribution in [1.29, 1.82) is 0 Å². The number of nitrogen functional groups attached to an aromatic ring is 1. The predicted molar refractivity (Wildman–Crippen MR) is 196 cm³/mol. The number of nitrogens with zero attached hydrogens (tertiary/aromatic N) is 7. The van der Waals surface area contributed by atoms with E-state index in [-0.39, 0.29) is 11.9 Å². The lowest BCUT2D eigenvalue weighted by atomic mass is 9.94. The Hall–Kier alpha value is -6.79. The van der Waals surface area contributed by atoms with Crippen molar-refractivity contribution in [2.75, 3.05) is 26.4 Å². The molecule has 0 aliphatic carbocycles. The number of fused-ring (bicyclic) bond motifs is 1. The number of aromatic nitrogens is 6. The zero-order valence-corrected chi connectivity index (χ0v) is 32.6. The number of carbonyl (C=O) groups excluding carboxylic acids is 1. The number of carboxylic acid groups (broad SMARTS) is 3. The summed E-state index contributed by atoms with van der Waals surface area (Å²) in [5, 5.41) is 27.5. The molecule has 0 saturated heterocycles. The smallest absolute Gasteiger partial charge is 0.490 e. The van der Waals surface area contributed by atoms with E-state index in [2.05, 4.69) is 19.9 Å². The van der Waals surface area contributed by atoms with Gasteiger partial charge in [-0.05, 0) is 50.6 Å². The summed E-state index contributed by atoms with van der Waals surface area (Å²) in [6, 6.07) is 8.86. The molecule has 1 aromatic carbocycles. The van der Waals surface area contributed by atoms with Crippen LogP contribution in [0.1, 0.15) is 41.5 Å². The average molecular weight is 899 g/mol. The number of rotatable bonds is 7. The van der Waals surface area contributed by atoms with Crippen LogP contribution in [0.15, 0.2) is 55.2 Å². The number of aliphatic carboxylic acids is 3. The number of anilines is 1. The van der Waals surface area contributed by atoms with Gasteiger partial charge < -0.3 is 30.7 Å². The fourth-order valence-corrected chi connectivity index (χ4v) is 4.91. The number of hydrogen-bond acceptors (Lipinski definition) is 11. The Labute approximate surface area is 342 Å². The number of ether oxygens (including phenoxy) is 1. The third-order valence-corrected chi connectivity index (χ3v) is 7.86. The minimum Gasteiger partial charge on any atom is -0.493 e. The molecule has 0 aliphatic heterocycles. The number of pyridine rings is 2. The van der Waals surface area contributed by atoms with Crippen LogP contribution in [0.25, 0.3) is 33.4 Å². The van der Waals surface area contributed by atoms with Gasteiger partial charge in [-0.1, -0.05) is 17.7 Å². The van der Waals surface area contributed by atoms with E-state index in [1.165, 1.54) is 11.2 Å². The van der Waals surface area contributed by atoms with Gasteiger partial charge in [0.05, 0.1) is 18.0 Å². The van der Waals surface area contributed by atoms with Crippen LogP contribution >= 0.6 is 11.6 Å². The zero-order valence-electron chi connectivity index (χ0n) is 31.9. The van der Waals surface area contributed by atoms with Crippen molar-refractivity contribution in [2.24, 2.45) is 0 Å². The summed E-state index contributed by atoms with van der Waals surface area (Å²) in [5.41, 5.74) is 11.9. The number of hydrogen-bond donors (Lipinski definition) is 4. The molecule has 16 nitrogen and oxygen atoms in total. The molecule has 0 aliphatic rings. The van der Waals surface area contributed by atoms with E-state index < -0.39 is 36.4 Å². The first-order valence-electron chi connectivity index (χ1n) is 16.5. The van der Waals surface area contributed by atoms with Gasteiger partial charge in [-0.25, -0.2) is 29.0 Å². The molecule has 1 atom stereocenters. The number of amides is 1. The molecule has 4 aromatic heterocycles. The predicted octanol–water partition coefficient (Wildman–Crippen LogP) is 7.10. The Balaban J connectivity index is 0.000000502. The minimum absolute atomic E-state index is 0.176. The lowest BCUT2D eigenvalue weighted by Gasteiger charge is -2.23. The van der Waals surface area contributed by atoms with Gasteiger partial charge in [0.25, 0.3) is 5.91 Å². The maximum Gasteiger partial charge on any atom is 0.490 e. The van der Waals surface area contributed by atoms with Gasteiger partial charge in [0.2, 0.25) is 0 Å². The third-order valence-electron chi connectivity index (χ3n) is 7.47. The van der Waals surface area contributed by atoms with E-state index in [1.54, 1.807) is 43.4 Å². The Morgan fingerprint density at radius 3 is 1.84 bits per heavy atom. The molecule has 5 rings (SSSR count). The minimum atomic E-state index is -5.08. The summed E-state index contributed by atoms with van der Waals surface area (Å²) in [6.45, 7) is 6.29. The summed E-state index contributed by atoms with van der Waals surface area (Å²) in [7, 11) is 3.38. The topological polar surface area (TPSA) is 237 Å². The Morgan fingerprint density at radius 1 is 0.869 bits per heavy atom. The molecule has 26 heteroatoms. The van der Waals surface area contributed by atoms with Crippen molar-refractivity contribution in [1.82, 2.24) is 34.6 Å². The van der Waals surface area contributed by atoms with Gasteiger partial charge in [0.1, 0.15) is 29.3 Å². The third kappa shape index (κ3) is 13.4. The van der Waals surface area contributed by atoms with Gasteiger partial charge in [-0.3, -0.25) is 14.8 Å². The van der Waals surface area contributed by atoms with E-state index in [9.17, 15) is 44.3 Å². The quantitative estimate of drug-likeness (QED) is 0.119. The fraction of sp³-hybridized carbons (Fsp3) is 0.286. The van der Waals surface area contributed by atoms with Crippen molar-refractivity contribution in [3.8, 4) is 28.1 Å². The summed E-state index contributed by atoms with van der Waals surface area (Å²) in [4.78, 5) is 58.0. The second-order valence-corrected chi connectivity index (χ2v) is 12.3. The highest BCUT2D eigenvalue weighted by Crippen LogP contribution is 2.44. The van der Waals surface area contributed by atoms with Crippen LogP contribution in [0, 0.1) is 6.92 Å². The highest BCUT2D eigenvalue weighted by molar-refractivity contribution is 6.32. The van der Waals surface area contributed by atoms with Crippen LogP contribution in [0.2, 0.25) is 5.02 Å². The SMILES string of the molecule is CCOc1c(C(C)n2nc(-c3cccnc3)c3c(N)ncnc32)cc(Cl)c(C)c1-c1ccc(C(=O)N(C)C)nc1.O=C(O)C(F)(F)F.O=C(O)C(F)(F)F.O=C(O)C(F)(F)F. The van der Waals surface area contributed by atoms with Crippen LogP contribution in [0.4, 0.5) is 45.3 Å². The van der Waals surface area contributed by atoms with Gasteiger partial charge in [-0.2, -0.15) is 44.6 Å². The molecule has 4 heterocycles. The monoisotopic (exact) mass is 898 g/mol. The van der Waals surface area contributed by atoms with Crippen LogP contribution in [-0.2, 0) is 14.4 Å². The number of alkyl halides is 9. The zero-order chi connectivity index (χ0) is 46.8. The molecular weight excluding hydrogens is 867 g/mol. The van der Waals surface area contributed by atoms with Crippen molar-refractivity contribution < 1.29 is 78.7 Å². The number of carbonyl (C=O) groups is 4. The van der Waals surface area contributed by atoms with E-state index in [1.807, 2.05) is 45.0 Å². The number of halogens is 10. The van der Waals surface area contributed by atoms with E-state index in [4.69, 9.17) is 56.9 Å². The number of carboxylic acids is 3. The van der Waals surface area contributed by atoms with Gasteiger partial charge in [0, 0.05) is 60.0 Å². The molecule has 5 aromatic rings. The summed E-state index contributed by atoms with van der Waals surface area (Å²) in [6.07, 6.45) is -8.72. The molecule has 1 unspecified atom stereocenters. The lowest BCUT2D eigenvalue weighted by molar-refractivity contribution is -0.193. The molecule has 0 fully saturated rings. The Morgan fingerprint density at radius 2 is 1.41 bits per heavy atom. The van der Waals surface area contributed by atoms with Crippen LogP contribution in [0.3, 0.4) is 0 Å². The maximum absolute atomic E-state index is 12.4. The van der Waals surface area contributed by atoms with E-state index in [0.717, 1.165) is 27.8 Å². The normalized spacial score (nSPS) is 11.7. The second-order valence-electron chi connectivity index (χ2n) is 11.9. The fourth-order valence-electron chi connectivity index (χ4n) is 4.70. The number of benzene rings is 1. The largest absolute Gasteiger partial charge is 0.493 e. The van der Waals surface area contributed by atoms with Crippen LogP contribution in [-0.4, -0.2) is 113 Å². The Bertz CT molecular complexity index is 2280. The first-order chi connectivity index (χ1) is 28.1. The molecule has 5 N–H and O–H groups in total. The van der Waals surface area contributed by atoms with Gasteiger partial charge in [-0.15, -0.1) is 0 Å². The number of nitrogens with two attached hydrogens (primary N) is 1. The molecule has 0 spiro atoms. The lowest BCUT2D eigenvalue weighted by Crippen LogP contribution is -2.22. The Kier molecular flexibility index (Phi) is 16.9. The molecule has 0 bridgehead atoms. The van der Waals surface area contributed by atoms with E-state index in [0.29, 0.717) is 45.6 Å². The molecule has 1 amide bonds. The van der Waals surface area contributed by atoms with Gasteiger partial charge >= 0.3 is 36.4 Å². The molecule has 61 heavy (non-hydrogen) atoms. The van der Waals surface area contributed by atoms with Crippen molar-refractivity contribution in [2.45, 2.75) is 45.3 Å². The van der Waals surface area contributed by atoms with Crippen LogP contribution in [0.5, 0.6) is 5.75 Å². The van der Waals surface area contributed by atoms with Crippen molar-refractivity contribution >= 4 is 52.3 Å². The summed E-state index contributed by atoms with van der Waals surface area (Å²) < 4.78 is 103. The second kappa shape index (κ2) is 20.5. The first kappa shape index (κ1) is 50.4. The molecular formula is C35H32ClF9N8O8. The molecule has 330 valence electrons. The standard InChI is InChI=1S/C29H29ClN8O2.3C2HF3O2/c1-6-40-26-20(12-21(30)16(2)23(26)18-9-10-22(33-14-18)29(39)37(4)5)17(3)38-28-24(27(31)34-15-35-28)25(36-38)19-8-7-11-32-13-19;3*3-2(4,5)1(6)7/h7-15,17H,6H2,1-5H3,(H2,31,34,35);3*(H,6,7). The highest BCUT2D eigenvalue weighted by atomic mass is 35.5. The van der Waals surface area contributed by atoms with Crippen LogP contribution < -0.4 is 10.5 Å². The van der Waals surface area contributed by atoms with Crippen molar-refractivity contribution in [3.05, 3.63) is 77.1 Å². The average Bonchev–Trinajstić information content (AvgIpc) is 3.57. The summed E-state index contributed by atoms with van der Waals surface area (Å²) in [5.74, 6) is -7.47. The summed E-state index contributed by atoms with van der Waals surface area (Å²) >= 11 is 6.82. The van der Waals surface area contributed by atoms with E-state index >= 15 is 0 Å². The first-order valence-corrected chi connectivity index (χ1v) is 16.9. The maximum atomic E-state index is 12.4. The van der Waals surface area contributed by atoms with Crippen molar-refractivity contribution in [3.63, 3.8) is 0 Å². The van der Waals surface area contributed by atoms with Gasteiger partial charge in [0.15, 0.2) is 5.65 Å². The molecule has 0 saturated carbocycles. The highest BCUT2D eigenvalue weighted by Gasteiger charge is 2.39.